The Morgan fingerprint density at radius 2 is 1.37 bits per heavy atom. The average molecular weight is 380 g/mol. The van der Waals surface area contributed by atoms with Gasteiger partial charge in [0.05, 0.1) is 17.0 Å². The van der Waals surface area contributed by atoms with E-state index in [0.717, 1.165) is 11.1 Å². The minimum absolute atomic E-state index is 0.243. The van der Waals surface area contributed by atoms with Gasteiger partial charge < -0.3 is 15.6 Å². The number of carbonyl (C=O) groups is 1. The third-order valence-corrected chi connectivity index (χ3v) is 4.98. The van der Waals surface area contributed by atoms with Gasteiger partial charge >= 0.3 is 0 Å². The molecule has 3 atom stereocenters. The topological polar surface area (TPSA) is 92.4 Å². The summed E-state index contributed by atoms with van der Waals surface area (Å²) in [5, 5.41) is 2.99. The van der Waals surface area contributed by atoms with Crippen molar-refractivity contribution < 1.29 is 13.6 Å². The third kappa shape index (κ3) is 4.68. The average Bonchev–Trinajstić information content (AvgIpc) is 2.72. The van der Waals surface area contributed by atoms with Crippen molar-refractivity contribution in [2.45, 2.75) is 17.0 Å². The van der Waals surface area contributed by atoms with Crippen LogP contribution in [0.2, 0.25) is 0 Å². The Morgan fingerprint density at radius 3 is 1.89 bits per heavy atom. The number of rotatable bonds is 6. The summed E-state index contributed by atoms with van der Waals surface area (Å²) in [6.45, 7) is 0. The number of nitrogens with two attached hydrogens (primary N) is 1. The molecular weight excluding hydrogens is 360 g/mol. The quantitative estimate of drug-likeness (QED) is 0.571. The maximum Gasteiger partial charge on any atom is 0.251 e. The van der Waals surface area contributed by atoms with Crippen molar-refractivity contribution in [1.82, 2.24) is 5.32 Å². The van der Waals surface area contributed by atoms with Gasteiger partial charge in [0.15, 0.2) is 11.1 Å². The van der Waals surface area contributed by atoms with Crippen LogP contribution in [0, 0.1) is 0 Å². The number of hydrogen-bond acceptors (Lipinski definition) is 3. The molecule has 138 valence electrons. The maximum absolute atomic E-state index is 12.7. The van der Waals surface area contributed by atoms with Crippen molar-refractivity contribution in [2.75, 3.05) is 0 Å². The van der Waals surface area contributed by atoms with Gasteiger partial charge in [0, 0.05) is 5.56 Å². The van der Waals surface area contributed by atoms with Gasteiger partial charge in [-0.3, -0.25) is 4.79 Å². The molecule has 3 rings (SSSR count). The lowest BCUT2D eigenvalue weighted by atomic mass is 9.93. The minimum Gasteiger partial charge on any atom is -0.343 e. The molecule has 0 heterocycles. The van der Waals surface area contributed by atoms with E-state index in [-0.39, 0.29) is 10.8 Å². The zero-order chi connectivity index (χ0) is 19.2. The predicted octanol–water partition coefficient (Wildman–Crippen LogP) is 3.44. The second-order valence-corrected chi connectivity index (χ2v) is 7.04. The fourth-order valence-corrected chi connectivity index (χ4v) is 3.22. The van der Waals surface area contributed by atoms with Crippen LogP contribution in [0.5, 0.6) is 0 Å². The van der Waals surface area contributed by atoms with Crippen molar-refractivity contribution in [3.63, 3.8) is 0 Å². The van der Waals surface area contributed by atoms with Gasteiger partial charge in [-0.25, -0.2) is 4.21 Å². The standard InChI is InChI=1S/C21H20N2O3S/c22-19(15-7-3-1-4-8-15)20(16-9-5-2-6-10-16)23-21(24)17-11-13-18(14-12-17)27(25)26/h1-14,19-20H,22H2,(H,23,24)(H,25,26)/t19-,20-/m0/s1. The summed E-state index contributed by atoms with van der Waals surface area (Å²) in [5.41, 5.74) is 8.68. The van der Waals surface area contributed by atoms with E-state index in [4.69, 9.17) is 10.3 Å². The molecule has 0 saturated heterocycles. The van der Waals surface area contributed by atoms with Crippen molar-refractivity contribution in [2.24, 2.45) is 5.73 Å². The molecule has 1 amide bonds. The summed E-state index contributed by atoms with van der Waals surface area (Å²) in [7, 11) is 0. The largest absolute Gasteiger partial charge is 0.343 e. The molecular formula is C21H20N2O3S. The number of amides is 1. The first-order valence-electron chi connectivity index (χ1n) is 8.43. The molecule has 0 aliphatic carbocycles. The van der Waals surface area contributed by atoms with Crippen molar-refractivity contribution >= 4 is 17.0 Å². The zero-order valence-corrected chi connectivity index (χ0v) is 15.3. The normalized spacial score (nSPS) is 14.1. The van der Waals surface area contributed by atoms with Crippen molar-refractivity contribution in [1.29, 1.82) is 0 Å². The van der Waals surface area contributed by atoms with Gasteiger partial charge in [0.25, 0.3) is 5.91 Å². The Morgan fingerprint density at radius 1 is 0.852 bits per heavy atom. The molecule has 27 heavy (non-hydrogen) atoms. The molecule has 0 aromatic heterocycles. The third-order valence-electron chi connectivity index (χ3n) is 4.31. The number of carbonyl (C=O) groups excluding carboxylic acids is 1. The highest BCUT2D eigenvalue weighted by Gasteiger charge is 2.23. The molecule has 0 radical (unpaired) electrons. The van der Waals surface area contributed by atoms with Crippen LogP contribution >= 0.6 is 0 Å². The summed E-state index contributed by atoms with van der Waals surface area (Å²) in [6, 6.07) is 24.3. The lowest BCUT2D eigenvalue weighted by Gasteiger charge is -2.26. The molecule has 6 heteroatoms. The SMILES string of the molecule is N[C@@H](c1ccccc1)[C@@H](NC(=O)c1ccc(S(=O)O)cc1)c1ccccc1. The second-order valence-electron chi connectivity index (χ2n) is 6.07. The molecule has 0 fully saturated rings. The van der Waals surface area contributed by atoms with E-state index in [0.29, 0.717) is 5.56 Å². The molecule has 5 nitrogen and oxygen atoms in total. The highest BCUT2D eigenvalue weighted by Crippen LogP contribution is 2.27. The fourth-order valence-electron chi connectivity index (χ4n) is 2.86. The second kappa shape index (κ2) is 8.73. The summed E-state index contributed by atoms with van der Waals surface area (Å²) >= 11 is -2.07. The smallest absolute Gasteiger partial charge is 0.251 e. The Kier molecular flexibility index (Phi) is 6.13. The van der Waals surface area contributed by atoms with E-state index in [1.54, 1.807) is 0 Å². The van der Waals surface area contributed by atoms with Gasteiger partial charge in [-0.2, -0.15) is 0 Å². The Balaban J connectivity index is 1.87. The molecule has 0 spiro atoms. The summed E-state index contributed by atoms with van der Waals surface area (Å²) in [5.74, 6) is -0.300. The van der Waals surface area contributed by atoms with Gasteiger partial charge in [-0.05, 0) is 35.4 Å². The summed E-state index contributed by atoms with van der Waals surface area (Å²) < 4.78 is 20.2. The monoisotopic (exact) mass is 380 g/mol. The lowest BCUT2D eigenvalue weighted by molar-refractivity contribution is 0.0930. The maximum atomic E-state index is 12.7. The Bertz CT molecular complexity index is 915. The molecule has 1 unspecified atom stereocenters. The predicted molar refractivity (Wildman–Crippen MR) is 105 cm³/mol. The Hall–Kier alpha value is -2.80. The van der Waals surface area contributed by atoms with E-state index in [9.17, 15) is 9.00 Å². The van der Waals surface area contributed by atoms with Gasteiger partial charge in [0.1, 0.15) is 0 Å². The van der Waals surface area contributed by atoms with E-state index >= 15 is 0 Å². The van der Waals surface area contributed by atoms with Crippen LogP contribution < -0.4 is 11.1 Å². The molecule has 0 aliphatic rings. The van der Waals surface area contributed by atoms with Crippen LogP contribution in [0.15, 0.2) is 89.8 Å². The van der Waals surface area contributed by atoms with E-state index in [1.807, 2.05) is 60.7 Å². The van der Waals surface area contributed by atoms with Crippen LogP contribution in [0.4, 0.5) is 0 Å². The first-order valence-corrected chi connectivity index (χ1v) is 9.54. The van der Waals surface area contributed by atoms with E-state index in [2.05, 4.69) is 5.32 Å². The number of hydrogen-bond donors (Lipinski definition) is 3. The molecule has 0 aliphatic heterocycles. The van der Waals surface area contributed by atoms with Gasteiger partial charge in [0.2, 0.25) is 0 Å². The first-order chi connectivity index (χ1) is 13.1. The van der Waals surface area contributed by atoms with Crippen LogP contribution in [0.25, 0.3) is 0 Å². The van der Waals surface area contributed by atoms with E-state index in [1.165, 1.54) is 24.3 Å². The molecule has 3 aromatic rings. The first kappa shape index (κ1) is 19.0. The lowest BCUT2D eigenvalue weighted by Crippen LogP contribution is -2.36. The Labute approximate surface area is 160 Å². The molecule has 3 aromatic carbocycles. The molecule has 0 saturated carbocycles. The highest BCUT2D eigenvalue weighted by molar-refractivity contribution is 7.79. The van der Waals surface area contributed by atoms with Gasteiger partial charge in [-0.15, -0.1) is 0 Å². The fraction of sp³-hybridized carbons (Fsp3) is 0.0952. The highest BCUT2D eigenvalue weighted by atomic mass is 32.2. The van der Waals surface area contributed by atoms with Crippen molar-refractivity contribution in [3.8, 4) is 0 Å². The molecule has 0 bridgehead atoms. The van der Waals surface area contributed by atoms with Crippen LogP contribution in [0.3, 0.4) is 0 Å². The van der Waals surface area contributed by atoms with Crippen LogP contribution in [-0.2, 0) is 11.1 Å². The summed E-state index contributed by atoms with van der Waals surface area (Å²) in [4.78, 5) is 13.0. The van der Waals surface area contributed by atoms with Crippen LogP contribution in [-0.4, -0.2) is 14.7 Å². The van der Waals surface area contributed by atoms with Crippen molar-refractivity contribution in [3.05, 3.63) is 102 Å². The van der Waals surface area contributed by atoms with Gasteiger partial charge in [-0.1, -0.05) is 60.7 Å². The summed E-state index contributed by atoms with van der Waals surface area (Å²) in [6.07, 6.45) is 0. The van der Waals surface area contributed by atoms with Crippen LogP contribution in [0.1, 0.15) is 33.6 Å². The number of benzene rings is 3. The minimum atomic E-state index is -2.07. The number of nitrogens with one attached hydrogen (secondary N) is 1. The van der Waals surface area contributed by atoms with E-state index < -0.39 is 23.2 Å². The molecule has 4 N–H and O–H groups in total. The zero-order valence-electron chi connectivity index (χ0n) is 14.5.